The molecular formula is C10H17NO3. The Labute approximate surface area is 84.8 Å². The molecule has 80 valence electrons. The lowest BCUT2D eigenvalue weighted by Gasteiger charge is -2.30. The minimum absolute atomic E-state index is 0.0915. The van der Waals surface area contributed by atoms with Gasteiger partial charge in [-0.1, -0.05) is 20.8 Å². The number of carbonyl (C=O) groups excluding carboxylic acids is 1. The van der Waals surface area contributed by atoms with Crippen molar-refractivity contribution in [1.29, 1.82) is 5.26 Å². The van der Waals surface area contributed by atoms with Gasteiger partial charge in [-0.15, -0.1) is 0 Å². The van der Waals surface area contributed by atoms with Crippen LogP contribution < -0.4 is 0 Å². The Morgan fingerprint density at radius 3 is 2.36 bits per heavy atom. The Morgan fingerprint density at radius 2 is 2.07 bits per heavy atom. The highest BCUT2D eigenvalue weighted by atomic mass is 16.6. The van der Waals surface area contributed by atoms with Crippen LogP contribution in [0.2, 0.25) is 0 Å². The van der Waals surface area contributed by atoms with Crippen LogP contribution >= 0.6 is 0 Å². The van der Waals surface area contributed by atoms with Crippen LogP contribution in [-0.4, -0.2) is 18.2 Å². The van der Waals surface area contributed by atoms with E-state index in [0.717, 1.165) is 0 Å². The third-order valence-corrected chi connectivity index (χ3v) is 2.31. The number of rotatable bonds is 5. The van der Waals surface area contributed by atoms with Gasteiger partial charge in [-0.05, 0) is 13.3 Å². The molecule has 0 bridgehead atoms. The van der Waals surface area contributed by atoms with Gasteiger partial charge in [0.05, 0.1) is 6.61 Å². The second kappa shape index (κ2) is 5.48. The van der Waals surface area contributed by atoms with Crippen LogP contribution in [0.15, 0.2) is 0 Å². The van der Waals surface area contributed by atoms with Crippen molar-refractivity contribution in [2.45, 2.75) is 39.7 Å². The lowest BCUT2D eigenvalue weighted by molar-refractivity contribution is -0.170. The zero-order valence-corrected chi connectivity index (χ0v) is 9.16. The summed E-state index contributed by atoms with van der Waals surface area (Å²) in [5, 5.41) is 8.52. The first-order valence-corrected chi connectivity index (χ1v) is 4.79. The van der Waals surface area contributed by atoms with E-state index in [-0.39, 0.29) is 5.92 Å². The van der Waals surface area contributed by atoms with Crippen molar-refractivity contribution in [2.75, 3.05) is 6.61 Å². The Kier molecular flexibility index (Phi) is 5.00. The molecule has 0 saturated heterocycles. The molecule has 0 N–H and O–H groups in total. The molecule has 4 nitrogen and oxygen atoms in total. The third kappa shape index (κ3) is 2.38. The van der Waals surface area contributed by atoms with Gasteiger partial charge in [-0.25, -0.2) is 4.79 Å². The first-order chi connectivity index (χ1) is 6.55. The average molecular weight is 199 g/mol. The molecule has 0 aliphatic carbocycles. The van der Waals surface area contributed by atoms with Crippen molar-refractivity contribution in [1.82, 2.24) is 0 Å². The van der Waals surface area contributed by atoms with Crippen molar-refractivity contribution in [3.8, 4) is 6.26 Å². The Hall–Kier alpha value is -1.24. The number of nitriles is 1. The fourth-order valence-electron chi connectivity index (χ4n) is 1.35. The molecule has 0 amide bonds. The average Bonchev–Trinajstić information content (AvgIpc) is 2.14. The van der Waals surface area contributed by atoms with Crippen LogP contribution in [-0.2, 0) is 14.3 Å². The van der Waals surface area contributed by atoms with Crippen molar-refractivity contribution in [2.24, 2.45) is 5.92 Å². The summed E-state index contributed by atoms with van der Waals surface area (Å²) in [5.74, 6) is -0.551. The molecule has 0 aromatic carbocycles. The van der Waals surface area contributed by atoms with Crippen LogP contribution in [0, 0.1) is 17.4 Å². The maximum Gasteiger partial charge on any atom is 0.351 e. The zero-order chi connectivity index (χ0) is 11.2. The van der Waals surface area contributed by atoms with Crippen molar-refractivity contribution < 1.29 is 14.3 Å². The second-order valence-electron chi connectivity index (χ2n) is 3.31. The minimum atomic E-state index is -1.12. The van der Waals surface area contributed by atoms with Crippen LogP contribution in [0.25, 0.3) is 0 Å². The van der Waals surface area contributed by atoms with Crippen molar-refractivity contribution in [3.63, 3.8) is 0 Å². The van der Waals surface area contributed by atoms with E-state index in [1.807, 2.05) is 13.8 Å². The standard InChI is InChI=1S/C10H17NO3/c1-5-10(8(3)4,14-7-11)9(12)13-6-2/h8H,5-6H2,1-4H3/t10-/m0/s1. The monoisotopic (exact) mass is 199 g/mol. The van der Waals surface area contributed by atoms with Crippen LogP contribution in [0.1, 0.15) is 34.1 Å². The normalized spacial score (nSPS) is 14.3. The van der Waals surface area contributed by atoms with Crippen LogP contribution in [0.3, 0.4) is 0 Å². The van der Waals surface area contributed by atoms with Crippen molar-refractivity contribution >= 4 is 5.97 Å². The predicted molar refractivity (Wildman–Crippen MR) is 51.2 cm³/mol. The summed E-state index contributed by atoms with van der Waals surface area (Å²) >= 11 is 0. The maximum absolute atomic E-state index is 11.6. The molecular weight excluding hydrogens is 182 g/mol. The lowest BCUT2D eigenvalue weighted by atomic mass is 9.87. The summed E-state index contributed by atoms with van der Waals surface area (Å²) in [6.45, 7) is 7.48. The Bertz CT molecular complexity index is 232. The summed E-state index contributed by atoms with van der Waals surface area (Å²) in [6.07, 6.45) is 2.01. The van der Waals surface area contributed by atoms with Gasteiger partial charge in [0, 0.05) is 5.92 Å². The number of hydrogen-bond acceptors (Lipinski definition) is 4. The molecule has 0 rings (SSSR count). The predicted octanol–water partition coefficient (Wildman–Crippen LogP) is 1.85. The second-order valence-corrected chi connectivity index (χ2v) is 3.31. The van der Waals surface area contributed by atoms with Gasteiger partial charge in [-0.2, -0.15) is 5.26 Å². The molecule has 14 heavy (non-hydrogen) atoms. The number of hydrogen-bond donors (Lipinski definition) is 0. The number of carbonyl (C=O) groups is 1. The highest BCUT2D eigenvalue weighted by Crippen LogP contribution is 2.27. The molecule has 0 aromatic rings. The van der Waals surface area contributed by atoms with E-state index in [2.05, 4.69) is 0 Å². The maximum atomic E-state index is 11.6. The van der Waals surface area contributed by atoms with Crippen LogP contribution in [0.4, 0.5) is 0 Å². The fourth-order valence-corrected chi connectivity index (χ4v) is 1.35. The molecule has 0 aliphatic heterocycles. The number of nitrogens with zero attached hydrogens (tertiary/aromatic N) is 1. The first-order valence-electron chi connectivity index (χ1n) is 4.79. The van der Waals surface area contributed by atoms with Gasteiger partial charge in [-0.3, -0.25) is 0 Å². The summed E-state index contributed by atoms with van der Waals surface area (Å²) in [6, 6.07) is 0. The van der Waals surface area contributed by atoms with Gasteiger partial charge in [0.15, 0.2) is 0 Å². The Morgan fingerprint density at radius 1 is 1.50 bits per heavy atom. The third-order valence-electron chi connectivity index (χ3n) is 2.31. The quantitative estimate of drug-likeness (QED) is 0.501. The molecule has 0 heterocycles. The summed E-state index contributed by atoms with van der Waals surface area (Å²) in [7, 11) is 0. The first kappa shape index (κ1) is 12.8. The van der Waals surface area contributed by atoms with E-state index in [4.69, 9.17) is 14.7 Å². The van der Waals surface area contributed by atoms with Gasteiger partial charge < -0.3 is 9.47 Å². The van der Waals surface area contributed by atoms with E-state index >= 15 is 0 Å². The number of ether oxygens (including phenoxy) is 2. The lowest BCUT2D eigenvalue weighted by Crippen LogP contribution is -2.46. The fraction of sp³-hybridized carbons (Fsp3) is 0.800. The van der Waals surface area contributed by atoms with Gasteiger partial charge in [0.2, 0.25) is 5.60 Å². The molecule has 0 saturated carbocycles. The highest BCUT2D eigenvalue weighted by molar-refractivity contribution is 5.80. The minimum Gasteiger partial charge on any atom is -0.463 e. The van der Waals surface area contributed by atoms with E-state index in [1.165, 1.54) is 0 Å². The molecule has 4 heteroatoms. The summed E-state index contributed by atoms with van der Waals surface area (Å²) < 4.78 is 9.78. The topological polar surface area (TPSA) is 59.3 Å². The Balaban J connectivity index is 4.84. The SMILES string of the molecule is CCOC(=O)[C@@](CC)(OC#N)C(C)C. The van der Waals surface area contributed by atoms with Gasteiger partial charge in [0.1, 0.15) is 0 Å². The van der Waals surface area contributed by atoms with Gasteiger partial charge in [0.25, 0.3) is 6.26 Å². The van der Waals surface area contributed by atoms with Crippen LogP contribution in [0.5, 0.6) is 0 Å². The molecule has 0 aromatic heterocycles. The molecule has 0 aliphatic rings. The van der Waals surface area contributed by atoms with Gasteiger partial charge >= 0.3 is 5.97 Å². The van der Waals surface area contributed by atoms with E-state index in [9.17, 15) is 4.79 Å². The van der Waals surface area contributed by atoms with E-state index in [1.54, 1.807) is 20.1 Å². The number of esters is 1. The van der Waals surface area contributed by atoms with E-state index in [0.29, 0.717) is 13.0 Å². The highest BCUT2D eigenvalue weighted by Gasteiger charge is 2.44. The molecule has 0 fully saturated rings. The zero-order valence-electron chi connectivity index (χ0n) is 9.16. The summed E-state index contributed by atoms with van der Waals surface area (Å²) in [4.78, 5) is 11.6. The van der Waals surface area contributed by atoms with E-state index < -0.39 is 11.6 Å². The molecule has 0 spiro atoms. The molecule has 0 unspecified atom stereocenters. The molecule has 1 atom stereocenters. The smallest absolute Gasteiger partial charge is 0.351 e. The van der Waals surface area contributed by atoms with Crippen molar-refractivity contribution in [3.05, 3.63) is 0 Å². The molecule has 0 radical (unpaired) electrons. The summed E-state index contributed by atoms with van der Waals surface area (Å²) in [5.41, 5.74) is -1.12. The largest absolute Gasteiger partial charge is 0.463 e.